The summed E-state index contributed by atoms with van der Waals surface area (Å²) in [5, 5.41) is 4.66. The van der Waals surface area contributed by atoms with E-state index in [4.69, 9.17) is 4.74 Å². The van der Waals surface area contributed by atoms with Crippen LogP contribution in [-0.2, 0) is 17.7 Å². The van der Waals surface area contributed by atoms with Gasteiger partial charge >= 0.3 is 0 Å². The van der Waals surface area contributed by atoms with Crippen LogP contribution in [0.3, 0.4) is 0 Å². The van der Waals surface area contributed by atoms with Crippen LogP contribution >= 0.6 is 0 Å². The van der Waals surface area contributed by atoms with Gasteiger partial charge in [0.05, 0.1) is 19.3 Å². The number of rotatable bonds is 2. The van der Waals surface area contributed by atoms with Crippen LogP contribution in [-0.4, -0.2) is 37.2 Å². The molecule has 103 valence electrons. The summed E-state index contributed by atoms with van der Waals surface area (Å²) in [7, 11) is 0. The molecule has 0 bridgehead atoms. The van der Waals surface area contributed by atoms with Crippen molar-refractivity contribution in [3.05, 3.63) is 34.9 Å². The monoisotopic (exact) mass is 259 g/mol. The third-order valence-corrected chi connectivity index (χ3v) is 4.25. The molecule has 1 unspecified atom stereocenters. The molecular formula is C16H23N2O. The van der Waals surface area contributed by atoms with Gasteiger partial charge < -0.3 is 4.74 Å². The van der Waals surface area contributed by atoms with E-state index in [0.717, 1.165) is 32.7 Å². The van der Waals surface area contributed by atoms with E-state index in [2.05, 4.69) is 42.3 Å². The molecule has 1 atom stereocenters. The minimum absolute atomic E-state index is 0.252. The normalized spacial score (nSPS) is 24.5. The summed E-state index contributed by atoms with van der Waals surface area (Å²) in [6, 6.07) is 7.78. The van der Waals surface area contributed by atoms with Crippen molar-refractivity contribution in [2.45, 2.75) is 38.9 Å². The molecule has 0 aromatic heterocycles. The van der Waals surface area contributed by atoms with Crippen molar-refractivity contribution in [2.24, 2.45) is 0 Å². The highest BCUT2D eigenvalue weighted by atomic mass is 16.5. The molecule has 2 heterocycles. The Morgan fingerprint density at radius 1 is 1.32 bits per heavy atom. The largest absolute Gasteiger partial charge is 0.378 e. The van der Waals surface area contributed by atoms with Crippen molar-refractivity contribution in [1.82, 2.24) is 10.2 Å². The fourth-order valence-electron chi connectivity index (χ4n) is 2.97. The molecule has 1 saturated heterocycles. The predicted octanol–water partition coefficient (Wildman–Crippen LogP) is 2.13. The zero-order chi connectivity index (χ0) is 13.2. The highest BCUT2D eigenvalue weighted by Gasteiger charge is 2.21. The number of nitrogens with zero attached hydrogens (tertiary/aromatic N) is 2. The van der Waals surface area contributed by atoms with Crippen LogP contribution in [0.2, 0.25) is 0 Å². The zero-order valence-electron chi connectivity index (χ0n) is 11.9. The Bertz CT molecular complexity index is 438. The summed E-state index contributed by atoms with van der Waals surface area (Å²) < 4.78 is 5.53. The van der Waals surface area contributed by atoms with Crippen molar-refractivity contribution in [2.75, 3.05) is 26.3 Å². The van der Waals surface area contributed by atoms with Crippen molar-refractivity contribution >= 4 is 0 Å². The van der Waals surface area contributed by atoms with Crippen LogP contribution in [0, 0.1) is 0 Å². The molecule has 1 aromatic carbocycles. The van der Waals surface area contributed by atoms with Crippen LogP contribution in [0.1, 0.15) is 36.6 Å². The van der Waals surface area contributed by atoms with Crippen LogP contribution in [0.4, 0.5) is 0 Å². The van der Waals surface area contributed by atoms with E-state index in [1.165, 1.54) is 23.2 Å². The van der Waals surface area contributed by atoms with Gasteiger partial charge in [0.15, 0.2) is 0 Å². The van der Waals surface area contributed by atoms with E-state index < -0.39 is 0 Å². The average Bonchev–Trinajstić information content (AvgIpc) is 2.47. The first-order valence-corrected chi connectivity index (χ1v) is 7.34. The Morgan fingerprint density at radius 2 is 2.21 bits per heavy atom. The van der Waals surface area contributed by atoms with Gasteiger partial charge in [0, 0.05) is 25.7 Å². The van der Waals surface area contributed by atoms with Crippen molar-refractivity contribution in [3.8, 4) is 0 Å². The highest BCUT2D eigenvalue weighted by Crippen LogP contribution is 2.25. The lowest BCUT2D eigenvalue weighted by Gasteiger charge is -2.32. The Balaban J connectivity index is 1.77. The van der Waals surface area contributed by atoms with E-state index in [0.29, 0.717) is 6.04 Å². The smallest absolute Gasteiger partial charge is 0.0730 e. The fourth-order valence-corrected chi connectivity index (χ4v) is 2.97. The Morgan fingerprint density at radius 3 is 2.95 bits per heavy atom. The number of benzene rings is 1. The number of fused-ring (bicyclic) bond motifs is 1. The SMILES string of the molecule is CC(C)N1CCc2cc(C3COCC[N]3)ccc2C1. The van der Waals surface area contributed by atoms with Crippen LogP contribution in [0.5, 0.6) is 0 Å². The maximum absolute atomic E-state index is 5.53. The molecule has 0 spiro atoms. The molecule has 19 heavy (non-hydrogen) atoms. The first kappa shape index (κ1) is 13.1. The van der Waals surface area contributed by atoms with Crippen molar-refractivity contribution in [1.29, 1.82) is 0 Å². The Labute approximate surface area is 115 Å². The third kappa shape index (κ3) is 2.83. The quantitative estimate of drug-likeness (QED) is 0.813. The molecule has 1 fully saturated rings. The van der Waals surface area contributed by atoms with Gasteiger partial charge in [0.1, 0.15) is 0 Å². The molecule has 0 N–H and O–H groups in total. The van der Waals surface area contributed by atoms with Gasteiger partial charge in [-0.15, -0.1) is 0 Å². The van der Waals surface area contributed by atoms with Crippen LogP contribution in [0.15, 0.2) is 18.2 Å². The highest BCUT2D eigenvalue weighted by molar-refractivity contribution is 5.35. The maximum atomic E-state index is 5.53. The van der Waals surface area contributed by atoms with Crippen molar-refractivity contribution < 1.29 is 4.74 Å². The van der Waals surface area contributed by atoms with E-state index in [1.54, 1.807) is 0 Å². The van der Waals surface area contributed by atoms with Gasteiger partial charge in [-0.3, -0.25) is 4.90 Å². The van der Waals surface area contributed by atoms with Gasteiger partial charge in [0.25, 0.3) is 0 Å². The molecule has 0 amide bonds. The second-order valence-electron chi connectivity index (χ2n) is 5.84. The standard InChI is InChI=1S/C16H23N2O/c1-12(2)18-7-5-13-9-14(3-4-15(13)10-18)16-11-19-8-6-17-16/h3-4,9,12,16H,5-8,10-11H2,1-2H3. The molecule has 2 aliphatic heterocycles. The number of ether oxygens (including phenoxy) is 1. The molecule has 3 heteroatoms. The van der Waals surface area contributed by atoms with Gasteiger partial charge in [-0.05, 0) is 37.0 Å². The van der Waals surface area contributed by atoms with Crippen molar-refractivity contribution in [3.63, 3.8) is 0 Å². The van der Waals surface area contributed by atoms with Crippen LogP contribution in [0.25, 0.3) is 0 Å². The van der Waals surface area contributed by atoms with E-state index in [1.807, 2.05) is 0 Å². The molecular weight excluding hydrogens is 236 g/mol. The third-order valence-electron chi connectivity index (χ3n) is 4.25. The topological polar surface area (TPSA) is 26.6 Å². The van der Waals surface area contributed by atoms with Gasteiger partial charge in [-0.25, -0.2) is 5.32 Å². The first-order valence-electron chi connectivity index (χ1n) is 7.34. The number of morpholine rings is 1. The Hall–Kier alpha value is -0.900. The van der Waals surface area contributed by atoms with Gasteiger partial charge in [-0.1, -0.05) is 18.2 Å². The van der Waals surface area contributed by atoms with E-state index >= 15 is 0 Å². The Kier molecular flexibility index (Phi) is 3.87. The summed E-state index contributed by atoms with van der Waals surface area (Å²) in [6.45, 7) is 9.18. The molecule has 0 saturated carbocycles. The second kappa shape index (κ2) is 5.61. The molecule has 1 aromatic rings. The summed E-state index contributed by atoms with van der Waals surface area (Å²) in [6.07, 6.45) is 1.16. The predicted molar refractivity (Wildman–Crippen MR) is 76.3 cm³/mol. The zero-order valence-corrected chi connectivity index (χ0v) is 11.9. The molecule has 3 nitrogen and oxygen atoms in total. The number of hydrogen-bond acceptors (Lipinski definition) is 2. The van der Waals surface area contributed by atoms with Gasteiger partial charge in [-0.2, -0.15) is 0 Å². The fraction of sp³-hybridized carbons (Fsp3) is 0.625. The second-order valence-corrected chi connectivity index (χ2v) is 5.84. The lowest BCUT2D eigenvalue weighted by molar-refractivity contribution is 0.0744. The first-order chi connectivity index (χ1) is 9.24. The molecule has 3 rings (SSSR count). The molecule has 1 radical (unpaired) electrons. The molecule has 0 aliphatic carbocycles. The van der Waals surface area contributed by atoms with E-state index in [-0.39, 0.29) is 6.04 Å². The van der Waals surface area contributed by atoms with Gasteiger partial charge in [0.2, 0.25) is 0 Å². The van der Waals surface area contributed by atoms with Crippen LogP contribution < -0.4 is 5.32 Å². The maximum Gasteiger partial charge on any atom is 0.0730 e. The minimum Gasteiger partial charge on any atom is -0.378 e. The molecule has 2 aliphatic rings. The summed E-state index contributed by atoms with van der Waals surface area (Å²) in [5.74, 6) is 0. The average molecular weight is 259 g/mol. The summed E-state index contributed by atoms with van der Waals surface area (Å²) in [4.78, 5) is 2.54. The summed E-state index contributed by atoms with van der Waals surface area (Å²) in [5.41, 5.74) is 4.33. The summed E-state index contributed by atoms with van der Waals surface area (Å²) >= 11 is 0. The number of hydrogen-bond donors (Lipinski definition) is 0. The van der Waals surface area contributed by atoms with E-state index in [9.17, 15) is 0 Å². The lowest BCUT2D eigenvalue weighted by Crippen LogP contribution is -2.36. The lowest BCUT2D eigenvalue weighted by atomic mass is 9.94. The minimum atomic E-state index is 0.252.